The van der Waals surface area contributed by atoms with Crippen LogP contribution in [0.2, 0.25) is 0 Å². The molecule has 0 spiro atoms. The van der Waals surface area contributed by atoms with Crippen molar-refractivity contribution < 1.29 is 31.1 Å². The molecule has 0 bridgehead atoms. The summed E-state index contributed by atoms with van der Waals surface area (Å²) >= 11 is 0. The smallest absolute Gasteiger partial charge is 0.422 e. The van der Waals surface area contributed by atoms with E-state index in [9.17, 15) is 21.6 Å². The molecule has 2 aromatic heterocycles. The van der Waals surface area contributed by atoms with Gasteiger partial charge in [0, 0.05) is 37.5 Å². The number of rotatable bonds is 8. The van der Waals surface area contributed by atoms with Crippen LogP contribution in [0.3, 0.4) is 0 Å². The summed E-state index contributed by atoms with van der Waals surface area (Å²) in [6.07, 6.45) is -2.22. The van der Waals surface area contributed by atoms with Crippen LogP contribution in [0, 0.1) is 0 Å². The maximum atomic E-state index is 12.9. The Morgan fingerprint density at radius 3 is 2.50 bits per heavy atom. The van der Waals surface area contributed by atoms with E-state index in [-0.39, 0.29) is 28.5 Å². The van der Waals surface area contributed by atoms with Crippen LogP contribution in [0.15, 0.2) is 53.6 Å². The number of hydrogen-bond donors (Lipinski definition) is 1. The Morgan fingerprint density at radius 2 is 1.86 bits per heavy atom. The van der Waals surface area contributed by atoms with E-state index in [1.807, 2.05) is 6.92 Å². The summed E-state index contributed by atoms with van der Waals surface area (Å²) in [6, 6.07) is 10.9. The summed E-state index contributed by atoms with van der Waals surface area (Å²) in [5.41, 5.74) is 2.73. The summed E-state index contributed by atoms with van der Waals surface area (Å²) < 4.78 is 74.9. The van der Waals surface area contributed by atoms with Crippen LogP contribution in [-0.2, 0) is 23.0 Å². The number of fused-ring (bicyclic) bond motifs is 1. The topological polar surface area (TPSA) is 107 Å². The molecule has 0 saturated carbocycles. The molecule has 0 amide bonds. The van der Waals surface area contributed by atoms with E-state index in [2.05, 4.69) is 29.5 Å². The van der Waals surface area contributed by atoms with Gasteiger partial charge in [-0.25, -0.2) is 13.4 Å². The lowest BCUT2D eigenvalue weighted by Gasteiger charge is -2.34. The number of sulfonamides is 1. The molecule has 1 unspecified atom stereocenters. The van der Waals surface area contributed by atoms with E-state index in [1.54, 1.807) is 24.3 Å². The highest BCUT2D eigenvalue weighted by Gasteiger charge is 2.29. The van der Waals surface area contributed by atoms with E-state index in [1.165, 1.54) is 31.5 Å². The van der Waals surface area contributed by atoms with Crippen LogP contribution >= 0.6 is 0 Å². The number of nitrogens with zero attached hydrogens (tertiary/aromatic N) is 4. The molecule has 1 N–H and O–H groups in total. The Kier molecular flexibility index (Phi) is 7.31. The van der Waals surface area contributed by atoms with Gasteiger partial charge in [0.15, 0.2) is 12.4 Å². The van der Waals surface area contributed by atoms with Crippen LogP contribution in [0.4, 0.5) is 19.0 Å². The summed E-state index contributed by atoms with van der Waals surface area (Å²) in [6.45, 7) is 1.78. The van der Waals surface area contributed by atoms with Gasteiger partial charge in [-0.05, 0) is 48.2 Å². The second kappa shape index (κ2) is 10.3. The van der Waals surface area contributed by atoms with E-state index in [0.29, 0.717) is 6.54 Å². The van der Waals surface area contributed by atoms with Crippen LogP contribution in [0.1, 0.15) is 29.7 Å². The van der Waals surface area contributed by atoms with Gasteiger partial charge in [0.05, 0.1) is 12.0 Å². The van der Waals surface area contributed by atoms with Gasteiger partial charge in [0.2, 0.25) is 11.8 Å². The van der Waals surface area contributed by atoms with Gasteiger partial charge in [-0.1, -0.05) is 12.1 Å². The third kappa shape index (κ3) is 6.21. The molecule has 9 nitrogen and oxygen atoms in total. The van der Waals surface area contributed by atoms with Crippen molar-refractivity contribution >= 4 is 15.8 Å². The normalized spacial score (nSPS) is 15.1. The Morgan fingerprint density at radius 1 is 1.08 bits per heavy atom. The predicted molar refractivity (Wildman–Crippen MR) is 124 cm³/mol. The minimum Gasteiger partial charge on any atom is -0.480 e. The van der Waals surface area contributed by atoms with Crippen LogP contribution in [0.5, 0.6) is 11.8 Å². The van der Waals surface area contributed by atoms with Crippen molar-refractivity contribution in [2.75, 3.05) is 25.0 Å². The number of nitrogens with one attached hydrogen (secondary N) is 1. The van der Waals surface area contributed by atoms with Crippen molar-refractivity contribution in [3.8, 4) is 11.8 Å². The average Bonchev–Trinajstić information content (AvgIpc) is 2.86. The fraction of sp³-hybridized carbons (Fsp3) is 0.348. The second-order valence-corrected chi connectivity index (χ2v) is 9.91. The zero-order valence-electron chi connectivity index (χ0n) is 19.5. The van der Waals surface area contributed by atoms with E-state index >= 15 is 0 Å². The number of methoxy groups -OCH3 is 1. The highest BCUT2D eigenvalue weighted by atomic mass is 32.2. The number of ether oxygens (including phenoxy) is 2. The first-order valence-electron chi connectivity index (χ1n) is 11.0. The molecule has 13 heteroatoms. The van der Waals surface area contributed by atoms with Gasteiger partial charge in [0.1, 0.15) is 0 Å². The molecule has 3 aromatic rings. The van der Waals surface area contributed by atoms with E-state index in [0.717, 1.165) is 29.7 Å². The van der Waals surface area contributed by atoms with Crippen LogP contribution in [0.25, 0.3) is 0 Å². The highest BCUT2D eigenvalue weighted by molar-refractivity contribution is 7.92. The first-order chi connectivity index (χ1) is 17.0. The SMILES string of the molecule is COc1ccc(NS(=O)(=O)c2ccc3c(c2)CN(C(C)c2ccc(OCC(F)(F)F)nc2)CC3)nn1. The maximum Gasteiger partial charge on any atom is 0.422 e. The van der Waals surface area contributed by atoms with Crippen molar-refractivity contribution in [1.82, 2.24) is 20.1 Å². The fourth-order valence-corrected chi connectivity index (χ4v) is 4.87. The molecule has 3 heterocycles. The number of halogens is 3. The van der Waals surface area contributed by atoms with Crippen LogP contribution in [-0.4, -0.2) is 54.9 Å². The Balaban J connectivity index is 1.45. The average molecular weight is 524 g/mol. The first kappa shape index (κ1) is 25.6. The van der Waals surface area contributed by atoms with Gasteiger partial charge in [-0.3, -0.25) is 9.62 Å². The van der Waals surface area contributed by atoms with Crippen molar-refractivity contribution in [2.45, 2.75) is 37.0 Å². The molecular formula is C23H24F3N5O4S. The number of alkyl halides is 3. The molecule has 0 radical (unpaired) electrons. The third-order valence-corrected chi connectivity index (χ3v) is 7.14. The van der Waals surface area contributed by atoms with E-state index in [4.69, 9.17) is 4.74 Å². The molecule has 1 aliphatic heterocycles. The molecule has 0 saturated heterocycles. The van der Waals surface area contributed by atoms with Gasteiger partial charge in [0.25, 0.3) is 10.0 Å². The quantitative estimate of drug-likeness (QED) is 0.476. The molecule has 1 aliphatic rings. The summed E-state index contributed by atoms with van der Waals surface area (Å²) in [4.78, 5) is 6.23. The van der Waals surface area contributed by atoms with Crippen molar-refractivity contribution in [3.05, 3.63) is 65.4 Å². The molecule has 1 aromatic carbocycles. The summed E-state index contributed by atoms with van der Waals surface area (Å²) in [7, 11) is -2.46. The number of hydrogen-bond acceptors (Lipinski definition) is 8. The number of aromatic nitrogens is 3. The lowest BCUT2D eigenvalue weighted by Crippen LogP contribution is -2.33. The van der Waals surface area contributed by atoms with Crippen LogP contribution < -0.4 is 14.2 Å². The highest BCUT2D eigenvalue weighted by Crippen LogP contribution is 2.30. The van der Waals surface area contributed by atoms with E-state index < -0.39 is 22.8 Å². The minimum absolute atomic E-state index is 0.0685. The zero-order chi connectivity index (χ0) is 25.9. The fourth-order valence-electron chi connectivity index (χ4n) is 3.82. The molecule has 1 atom stereocenters. The molecule has 0 aliphatic carbocycles. The molecule has 4 rings (SSSR count). The molecular weight excluding hydrogens is 499 g/mol. The monoisotopic (exact) mass is 523 g/mol. The summed E-state index contributed by atoms with van der Waals surface area (Å²) in [5.74, 6) is 0.231. The van der Waals surface area contributed by atoms with Crippen molar-refractivity contribution in [1.29, 1.82) is 0 Å². The molecule has 192 valence electrons. The minimum atomic E-state index is -4.43. The number of pyridine rings is 1. The lowest BCUT2D eigenvalue weighted by molar-refractivity contribution is -0.154. The van der Waals surface area contributed by atoms with Gasteiger partial charge >= 0.3 is 6.18 Å². The number of benzene rings is 1. The van der Waals surface area contributed by atoms with Gasteiger partial charge in [-0.2, -0.15) is 13.2 Å². The first-order valence-corrected chi connectivity index (χ1v) is 12.4. The zero-order valence-corrected chi connectivity index (χ0v) is 20.3. The Labute approximate surface area is 206 Å². The van der Waals surface area contributed by atoms with Crippen molar-refractivity contribution in [2.24, 2.45) is 0 Å². The standard InChI is InChI=1S/C23H24F3N5O4S/c1-15(17-4-7-21(27-12-17)35-14-23(24,25)26)31-10-9-16-3-5-19(11-18(16)13-31)36(32,33)30-20-6-8-22(34-2)29-28-20/h3-8,11-12,15H,9-10,13-14H2,1-2H3,(H,28,30). The Bertz CT molecular complexity index is 1300. The number of anilines is 1. The second-order valence-electron chi connectivity index (χ2n) is 8.23. The van der Waals surface area contributed by atoms with Crippen molar-refractivity contribution in [3.63, 3.8) is 0 Å². The van der Waals surface area contributed by atoms with Gasteiger partial charge < -0.3 is 9.47 Å². The van der Waals surface area contributed by atoms with Gasteiger partial charge in [-0.15, -0.1) is 10.2 Å². The molecule has 0 fully saturated rings. The maximum absolute atomic E-state index is 12.9. The largest absolute Gasteiger partial charge is 0.480 e. The third-order valence-electron chi connectivity index (χ3n) is 5.79. The summed E-state index contributed by atoms with van der Waals surface area (Å²) in [5, 5.41) is 7.56. The Hall–Kier alpha value is -3.45. The lowest BCUT2D eigenvalue weighted by atomic mass is 9.97. The predicted octanol–water partition coefficient (Wildman–Crippen LogP) is 3.74. The molecule has 36 heavy (non-hydrogen) atoms.